The fourth-order valence-electron chi connectivity index (χ4n) is 1.87. The smallest absolute Gasteiger partial charge is 0.432 e. The number of carbonyl (C=O) groups is 1. The zero-order valence-electron chi connectivity index (χ0n) is 12.3. The lowest BCUT2D eigenvalue weighted by molar-refractivity contribution is -0.248. The molecule has 0 radical (unpaired) electrons. The Morgan fingerprint density at radius 2 is 1.72 bits per heavy atom. The third-order valence-electron chi connectivity index (χ3n) is 3.47. The largest absolute Gasteiger partial charge is 0.743 e. The minimum Gasteiger partial charge on any atom is -0.743 e. The molecule has 0 N–H and O–H groups in total. The Kier molecular flexibility index (Phi) is 4.60. The maximum absolute atomic E-state index is 13.3. The van der Waals surface area contributed by atoms with E-state index in [1.165, 1.54) is 12.1 Å². The number of ether oxygens (including phenoxy) is 2. The highest BCUT2D eigenvalue weighted by Crippen LogP contribution is 2.39. The monoisotopic (exact) mass is 389 g/mol. The molecule has 1 saturated heterocycles. The van der Waals surface area contributed by atoms with Crippen molar-refractivity contribution >= 4 is 16.1 Å². The zero-order valence-corrected chi connectivity index (χ0v) is 13.2. The van der Waals surface area contributed by atoms with E-state index in [1.54, 1.807) is 6.92 Å². The van der Waals surface area contributed by atoms with Crippen LogP contribution in [0.4, 0.5) is 22.0 Å². The highest BCUT2D eigenvalue weighted by Gasteiger charge is 2.63. The van der Waals surface area contributed by atoms with Crippen molar-refractivity contribution < 1.29 is 49.2 Å². The average molecular weight is 389 g/mol. The van der Waals surface area contributed by atoms with Gasteiger partial charge < -0.3 is 14.0 Å². The summed E-state index contributed by atoms with van der Waals surface area (Å²) in [6.07, 6.45) is -10.4. The number of halogens is 5. The van der Waals surface area contributed by atoms with Crippen LogP contribution in [0.15, 0.2) is 24.3 Å². The Balaban J connectivity index is 2.25. The zero-order chi connectivity index (χ0) is 19.3. The third kappa shape index (κ3) is 3.90. The predicted octanol–water partition coefficient (Wildman–Crippen LogP) is 2.16. The van der Waals surface area contributed by atoms with Crippen molar-refractivity contribution in [3.05, 3.63) is 35.4 Å². The summed E-state index contributed by atoms with van der Waals surface area (Å²) in [5, 5.41) is -5.88. The van der Waals surface area contributed by atoms with Gasteiger partial charge in [0.25, 0.3) is 6.10 Å². The molecular weight excluding hydrogens is 379 g/mol. The van der Waals surface area contributed by atoms with Gasteiger partial charge in [-0.05, 0) is 24.6 Å². The molecule has 2 rings (SSSR count). The molecule has 1 heterocycles. The number of rotatable bonds is 5. The van der Waals surface area contributed by atoms with Crippen LogP contribution in [-0.2, 0) is 25.2 Å². The van der Waals surface area contributed by atoms with Gasteiger partial charge in [-0.1, -0.05) is 12.1 Å². The second-order valence-corrected chi connectivity index (χ2v) is 6.89. The van der Waals surface area contributed by atoms with E-state index in [-0.39, 0.29) is 0 Å². The van der Waals surface area contributed by atoms with Crippen LogP contribution in [0.3, 0.4) is 0 Å². The van der Waals surface area contributed by atoms with Gasteiger partial charge in [0, 0.05) is 0 Å². The van der Waals surface area contributed by atoms with Crippen LogP contribution >= 0.6 is 0 Å². The molecule has 12 heteroatoms. The maximum atomic E-state index is 13.3. The molecule has 2 atom stereocenters. The van der Waals surface area contributed by atoms with Crippen LogP contribution in [0, 0.1) is 0 Å². The van der Waals surface area contributed by atoms with E-state index in [4.69, 9.17) is 4.74 Å². The summed E-state index contributed by atoms with van der Waals surface area (Å²) in [6.45, 7) is 2.10. The van der Waals surface area contributed by atoms with Crippen LogP contribution in [0.25, 0.3) is 0 Å². The summed E-state index contributed by atoms with van der Waals surface area (Å²) in [5.74, 6) is -1.86. The van der Waals surface area contributed by atoms with Crippen molar-refractivity contribution in [1.29, 1.82) is 0 Å². The standard InChI is InChI=1S/C13H11F5O6S/c1-11(6-23-11)8-4-2-7(3-5-8)9(19)24-10(12(14,15)16)13(17,18)25(20,21)22/h2-5,10H,6H2,1H3,(H,20,21,22)/p-1. The summed E-state index contributed by atoms with van der Waals surface area (Å²) in [5.41, 5.74) is -0.550. The Hall–Kier alpha value is -1.79. The van der Waals surface area contributed by atoms with E-state index in [9.17, 15) is 39.7 Å². The normalized spacial score (nSPS) is 22.4. The minimum absolute atomic E-state index is 0.389. The number of hydrogen-bond acceptors (Lipinski definition) is 6. The molecule has 0 bridgehead atoms. The third-order valence-corrected chi connectivity index (χ3v) is 4.35. The van der Waals surface area contributed by atoms with E-state index < -0.39 is 44.8 Å². The van der Waals surface area contributed by atoms with Gasteiger partial charge in [-0.15, -0.1) is 0 Å². The molecule has 1 aromatic rings. The number of hydrogen-bond donors (Lipinski definition) is 0. The fourth-order valence-corrected chi connectivity index (χ4v) is 2.31. The summed E-state index contributed by atoms with van der Waals surface area (Å²) >= 11 is 0. The van der Waals surface area contributed by atoms with E-state index in [2.05, 4.69) is 4.74 Å². The van der Waals surface area contributed by atoms with Crippen LogP contribution in [0.5, 0.6) is 0 Å². The SMILES string of the molecule is CC1(c2ccc(C(=O)OC(C(F)(F)F)C(F)(F)S(=O)(=O)[O-])cc2)CO1. The quantitative estimate of drug-likeness (QED) is 0.331. The van der Waals surface area contributed by atoms with Crippen LogP contribution in [-0.4, -0.2) is 43.1 Å². The maximum Gasteiger partial charge on any atom is 0.432 e. The van der Waals surface area contributed by atoms with Crippen molar-refractivity contribution in [3.63, 3.8) is 0 Å². The van der Waals surface area contributed by atoms with Gasteiger partial charge in [0.2, 0.25) is 0 Å². The van der Waals surface area contributed by atoms with Gasteiger partial charge in [0.05, 0.1) is 12.2 Å². The number of esters is 1. The van der Waals surface area contributed by atoms with Gasteiger partial charge in [0.15, 0.2) is 10.1 Å². The lowest BCUT2D eigenvalue weighted by Gasteiger charge is -2.29. The number of carbonyl (C=O) groups excluding carboxylic acids is 1. The Morgan fingerprint density at radius 1 is 1.24 bits per heavy atom. The van der Waals surface area contributed by atoms with Crippen molar-refractivity contribution in [3.8, 4) is 0 Å². The van der Waals surface area contributed by atoms with Crippen LogP contribution in [0.1, 0.15) is 22.8 Å². The lowest BCUT2D eigenvalue weighted by Crippen LogP contribution is -2.52. The second-order valence-electron chi connectivity index (χ2n) is 5.44. The van der Waals surface area contributed by atoms with Crippen LogP contribution < -0.4 is 0 Å². The Labute approximate surface area is 138 Å². The molecule has 25 heavy (non-hydrogen) atoms. The van der Waals surface area contributed by atoms with E-state index in [0.717, 1.165) is 12.1 Å². The molecular formula is C13H10F5O6S-. The highest BCUT2D eigenvalue weighted by molar-refractivity contribution is 7.86. The van der Waals surface area contributed by atoms with Gasteiger partial charge >= 0.3 is 17.4 Å². The molecule has 1 fully saturated rings. The topological polar surface area (TPSA) is 96.0 Å². The molecule has 0 saturated carbocycles. The first-order valence-corrected chi connectivity index (χ1v) is 7.95. The van der Waals surface area contributed by atoms with Gasteiger partial charge in [-0.3, -0.25) is 0 Å². The Morgan fingerprint density at radius 3 is 2.08 bits per heavy atom. The fraction of sp³-hybridized carbons (Fsp3) is 0.462. The number of alkyl halides is 5. The second kappa shape index (κ2) is 5.88. The summed E-state index contributed by atoms with van der Waals surface area (Å²) in [7, 11) is -6.73. The van der Waals surface area contributed by atoms with Crippen molar-refractivity contribution in [1.82, 2.24) is 0 Å². The average Bonchev–Trinajstić information content (AvgIpc) is 3.21. The molecule has 140 valence electrons. The van der Waals surface area contributed by atoms with E-state index in [1.807, 2.05) is 0 Å². The first kappa shape index (κ1) is 19.5. The van der Waals surface area contributed by atoms with E-state index in [0.29, 0.717) is 12.2 Å². The first-order chi connectivity index (χ1) is 11.2. The molecule has 2 unspecified atom stereocenters. The molecule has 1 aliphatic heterocycles. The highest BCUT2D eigenvalue weighted by atomic mass is 32.2. The first-order valence-electron chi connectivity index (χ1n) is 6.54. The summed E-state index contributed by atoms with van der Waals surface area (Å²) in [4.78, 5) is 11.7. The Bertz CT molecular complexity index is 767. The van der Waals surface area contributed by atoms with Gasteiger partial charge in [-0.2, -0.15) is 22.0 Å². The minimum atomic E-state index is -6.73. The van der Waals surface area contributed by atoms with Gasteiger partial charge in [0.1, 0.15) is 5.60 Å². The molecule has 1 aliphatic rings. The van der Waals surface area contributed by atoms with Crippen molar-refractivity contribution in [2.75, 3.05) is 6.61 Å². The number of benzene rings is 1. The summed E-state index contributed by atoms with van der Waals surface area (Å²) < 4.78 is 105. The molecule has 0 aliphatic carbocycles. The summed E-state index contributed by atoms with van der Waals surface area (Å²) in [6, 6.07) is 4.63. The molecule has 0 aromatic heterocycles. The van der Waals surface area contributed by atoms with Crippen molar-refractivity contribution in [2.45, 2.75) is 30.1 Å². The molecule has 0 amide bonds. The molecule has 1 aromatic carbocycles. The van der Waals surface area contributed by atoms with Gasteiger partial charge in [-0.25, -0.2) is 13.2 Å². The predicted molar refractivity (Wildman–Crippen MR) is 69.6 cm³/mol. The molecule has 6 nitrogen and oxygen atoms in total. The molecule has 0 spiro atoms. The lowest BCUT2D eigenvalue weighted by atomic mass is 10.0. The van der Waals surface area contributed by atoms with Crippen molar-refractivity contribution in [2.24, 2.45) is 0 Å². The number of epoxide rings is 1. The van der Waals surface area contributed by atoms with E-state index >= 15 is 0 Å². The van der Waals surface area contributed by atoms with Crippen LogP contribution in [0.2, 0.25) is 0 Å².